The highest BCUT2D eigenvalue weighted by atomic mass is 79.9. The highest BCUT2D eigenvalue weighted by Gasteiger charge is 2.03. The molecule has 0 heterocycles. The molecule has 0 atom stereocenters. The molecule has 0 radical (unpaired) electrons. The number of benzene rings is 2. The summed E-state index contributed by atoms with van der Waals surface area (Å²) >= 11 is 5.41. The molecule has 0 saturated carbocycles. The molecule has 0 N–H and O–H groups in total. The first-order valence-electron chi connectivity index (χ1n) is 5.71. The van der Waals surface area contributed by atoms with Gasteiger partial charge in [0.25, 0.3) is 0 Å². The second-order valence-corrected chi connectivity index (χ2v) is 5.96. The monoisotopic (exact) mass is 322 g/mol. The number of rotatable bonds is 4. The van der Waals surface area contributed by atoms with Gasteiger partial charge in [0.1, 0.15) is 5.75 Å². The molecule has 0 aromatic heterocycles. The molecule has 1 nitrogen and oxygen atoms in total. The van der Waals surface area contributed by atoms with Crippen LogP contribution in [0.25, 0.3) is 0 Å². The summed E-state index contributed by atoms with van der Waals surface area (Å²) in [7, 11) is 1.69. The van der Waals surface area contributed by atoms with Crippen molar-refractivity contribution in [3.63, 3.8) is 0 Å². The molecule has 0 unspecified atom stereocenters. The Kier molecular flexibility index (Phi) is 4.72. The Bertz CT molecular complexity index is 523. The number of methoxy groups -OCH3 is 1. The van der Waals surface area contributed by atoms with Crippen LogP contribution in [0, 0.1) is 6.92 Å². The lowest BCUT2D eigenvalue weighted by Gasteiger charge is -2.07. The van der Waals surface area contributed by atoms with Crippen molar-refractivity contribution in [1.29, 1.82) is 0 Å². The highest BCUT2D eigenvalue weighted by Crippen LogP contribution is 2.29. The maximum atomic E-state index is 5.25. The molecule has 0 amide bonds. The average Bonchev–Trinajstić information content (AvgIpc) is 2.40. The maximum Gasteiger partial charge on any atom is 0.119 e. The number of halogens is 1. The fourth-order valence-electron chi connectivity index (χ4n) is 1.58. The molecule has 0 saturated heterocycles. The summed E-state index contributed by atoms with van der Waals surface area (Å²) in [6.45, 7) is 2.10. The molecule has 3 heteroatoms. The van der Waals surface area contributed by atoms with Crippen molar-refractivity contribution in [3.05, 3.63) is 58.1 Å². The van der Waals surface area contributed by atoms with Crippen molar-refractivity contribution in [2.45, 2.75) is 17.6 Å². The second kappa shape index (κ2) is 6.30. The van der Waals surface area contributed by atoms with Crippen molar-refractivity contribution in [2.75, 3.05) is 7.11 Å². The predicted molar refractivity (Wildman–Crippen MR) is 81.4 cm³/mol. The van der Waals surface area contributed by atoms with E-state index in [0.29, 0.717) is 0 Å². The first kappa shape index (κ1) is 13.5. The lowest BCUT2D eigenvalue weighted by Crippen LogP contribution is -1.87. The van der Waals surface area contributed by atoms with Crippen LogP contribution in [0.5, 0.6) is 5.75 Å². The van der Waals surface area contributed by atoms with Crippen LogP contribution < -0.4 is 4.74 Å². The Hall–Kier alpha value is -0.930. The number of hydrogen-bond acceptors (Lipinski definition) is 2. The minimum Gasteiger partial charge on any atom is -0.497 e. The van der Waals surface area contributed by atoms with Crippen LogP contribution in [0.4, 0.5) is 0 Å². The van der Waals surface area contributed by atoms with Gasteiger partial charge in [-0.3, -0.25) is 0 Å². The van der Waals surface area contributed by atoms with Gasteiger partial charge in [0, 0.05) is 15.1 Å². The Balaban J connectivity index is 2.07. The molecule has 18 heavy (non-hydrogen) atoms. The largest absolute Gasteiger partial charge is 0.497 e. The Morgan fingerprint density at radius 2 is 1.83 bits per heavy atom. The van der Waals surface area contributed by atoms with Crippen molar-refractivity contribution in [1.82, 2.24) is 0 Å². The van der Waals surface area contributed by atoms with Gasteiger partial charge in [-0.2, -0.15) is 0 Å². The Labute approximate surface area is 121 Å². The van der Waals surface area contributed by atoms with E-state index in [2.05, 4.69) is 53.2 Å². The van der Waals surface area contributed by atoms with Crippen LogP contribution in [-0.2, 0) is 5.75 Å². The summed E-state index contributed by atoms with van der Waals surface area (Å²) in [5.74, 6) is 1.83. The molecule has 0 spiro atoms. The second-order valence-electron chi connectivity index (χ2n) is 4.06. The predicted octanol–water partition coefficient (Wildman–Crippen LogP) is 5.06. The lowest BCUT2D eigenvalue weighted by molar-refractivity contribution is 0.414. The van der Waals surface area contributed by atoms with Gasteiger partial charge in [-0.25, -0.2) is 0 Å². The fourth-order valence-corrected chi connectivity index (χ4v) is 3.05. The van der Waals surface area contributed by atoms with Crippen molar-refractivity contribution in [2.24, 2.45) is 0 Å². The van der Waals surface area contributed by atoms with Gasteiger partial charge in [-0.1, -0.05) is 33.6 Å². The molecule has 2 rings (SSSR count). The maximum absolute atomic E-state index is 5.25. The van der Waals surface area contributed by atoms with E-state index < -0.39 is 0 Å². The van der Waals surface area contributed by atoms with Crippen LogP contribution in [0.3, 0.4) is 0 Å². The number of ether oxygens (including phenoxy) is 1. The smallest absolute Gasteiger partial charge is 0.119 e. The number of hydrogen-bond donors (Lipinski definition) is 0. The molecule has 0 aliphatic rings. The number of thioether (sulfide) groups is 1. The zero-order valence-corrected chi connectivity index (χ0v) is 12.8. The SMILES string of the molecule is COc1ccc(Br)c(CSc2ccc(C)cc2)c1. The first-order valence-corrected chi connectivity index (χ1v) is 7.49. The van der Waals surface area contributed by atoms with E-state index in [1.54, 1.807) is 7.11 Å². The fraction of sp³-hybridized carbons (Fsp3) is 0.200. The quantitative estimate of drug-likeness (QED) is 0.728. The summed E-state index contributed by atoms with van der Waals surface area (Å²) in [4.78, 5) is 1.29. The third-order valence-corrected chi connectivity index (χ3v) is 4.50. The molecule has 2 aromatic rings. The molecule has 0 aliphatic carbocycles. The average molecular weight is 323 g/mol. The zero-order chi connectivity index (χ0) is 13.0. The Morgan fingerprint density at radius 3 is 2.50 bits per heavy atom. The summed E-state index contributed by atoms with van der Waals surface area (Å²) < 4.78 is 6.38. The molecule has 0 fully saturated rings. The van der Waals surface area contributed by atoms with Crippen molar-refractivity contribution >= 4 is 27.7 Å². The van der Waals surface area contributed by atoms with Crippen molar-refractivity contribution in [3.8, 4) is 5.75 Å². The minimum atomic E-state index is 0.901. The first-order chi connectivity index (χ1) is 8.69. The van der Waals surface area contributed by atoms with Gasteiger partial charge < -0.3 is 4.74 Å². The highest BCUT2D eigenvalue weighted by molar-refractivity contribution is 9.10. The van der Waals surface area contributed by atoms with Gasteiger partial charge in [0.05, 0.1) is 7.11 Å². The molecule has 0 bridgehead atoms. The van der Waals surface area contributed by atoms with Gasteiger partial charge in [-0.15, -0.1) is 11.8 Å². The normalized spacial score (nSPS) is 10.4. The van der Waals surface area contributed by atoms with Crippen LogP contribution >= 0.6 is 27.7 Å². The molecule has 2 aromatic carbocycles. The van der Waals surface area contributed by atoms with Crippen LogP contribution in [0.2, 0.25) is 0 Å². The molecular weight excluding hydrogens is 308 g/mol. The van der Waals surface area contributed by atoms with E-state index in [9.17, 15) is 0 Å². The lowest BCUT2D eigenvalue weighted by atomic mass is 10.2. The van der Waals surface area contributed by atoms with E-state index in [-0.39, 0.29) is 0 Å². The van der Waals surface area contributed by atoms with E-state index in [4.69, 9.17) is 4.74 Å². The van der Waals surface area contributed by atoms with E-state index in [0.717, 1.165) is 16.0 Å². The van der Waals surface area contributed by atoms with Gasteiger partial charge in [-0.05, 0) is 42.8 Å². The minimum absolute atomic E-state index is 0.901. The van der Waals surface area contributed by atoms with Gasteiger partial charge >= 0.3 is 0 Å². The van der Waals surface area contributed by atoms with E-state index in [1.807, 2.05) is 23.9 Å². The third kappa shape index (κ3) is 3.53. The summed E-state index contributed by atoms with van der Waals surface area (Å²) in [6, 6.07) is 14.7. The van der Waals surface area contributed by atoms with Gasteiger partial charge in [0.2, 0.25) is 0 Å². The van der Waals surface area contributed by atoms with Gasteiger partial charge in [0.15, 0.2) is 0 Å². The standard InChI is InChI=1S/C15H15BrOS/c1-11-3-6-14(7-4-11)18-10-12-9-13(17-2)5-8-15(12)16/h3-9H,10H2,1-2H3. The summed E-state index contributed by atoms with van der Waals surface area (Å²) in [5.41, 5.74) is 2.54. The molecule has 94 valence electrons. The number of aryl methyl sites for hydroxylation is 1. The van der Waals surface area contributed by atoms with Crippen LogP contribution in [0.15, 0.2) is 51.8 Å². The molecule has 0 aliphatic heterocycles. The van der Waals surface area contributed by atoms with E-state index in [1.165, 1.54) is 16.0 Å². The summed E-state index contributed by atoms with van der Waals surface area (Å²) in [5, 5.41) is 0. The van der Waals surface area contributed by atoms with E-state index >= 15 is 0 Å². The van der Waals surface area contributed by atoms with Crippen LogP contribution in [-0.4, -0.2) is 7.11 Å². The van der Waals surface area contributed by atoms with Crippen molar-refractivity contribution < 1.29 is 4.74 Å². The Morgan fingerprint density at radius 1 is 1.11 bits per heavy atom. The summed E-state index contributed by atoms with van der Waals surface area (Å²) in [6.07, 6.45) is 0. The topological polar surface area (TPSA) is 9.23 Å². The third-order valence-electron chi connectivity index (χ3n) is 2.67. The van der Waals surface area contributed by atoms with Crippen LogP contribution in [0.1, 0.15) is 11.1 Å². The molecular formula is C15H15BrOS. The zero-order valence-electron chi connectivity index (χ0n) is 10.4.